The van der Waals surface area contributed by atoms with Gasteiger partial charge in [-0.3, -0.25) is 0 Å². The van der Waals surface area contributed by atoms with E-state index in [4.69, 9.17) is 4.74 Å². The van der Waals surface area contributed by atoms with Crippen LogP contribution in [-0.4, -0.2) is 0 Å². The molecule has 0 spiro atoms. The number of allylic oxidation sites excluding steroid dienone is 1. The average Bonchev–Trinajstić information content (AvgIpc) is 2.63. The first-order chi connectivity index (χ1) is 11.7. The first-order valence-corrected chi connectivity index (χ1v) is 8.78. The molecule has 1 aliphatic heterocycles. The van der Waals surface area contributed by atoms with Crippen molar-refractivity contribution in [1.29, 1.82) is 0 Å². The fraction of sp³-hybridized carbons (Fsp3) is 0.0909. The van der Waals surface area contributed by atoms with Crippen molar-refractivity contribution in [1.82, 2.24) is 0 Å². The van der Waals surface area contributed by atoms with E-state index in [9.17, 15) is 0 Å². The molecule has 24 heavy (non-hydrogen) atoms. The quantitative estimate of drug-likeness (QED) is 0.518. The lowest BCUT2D eigenvalue weighted by molar-refractivity contribution is 0.160. The van der Waals surface area contributed by atoms with Gasteiger partial charge in [0.05, 0.1) is 0 Å². The summed E-state index contributed by atoms with van der Waals surface area (Å²) in [6.45, 7) is 2.15. The molecule has 4 rings (SSSR count). The molecule has 0 radical (unpaired) electrons. The summed E-state index contributed by atoms with van der Waals surface area (Å²) in [6.07, 6.45) is 2.23. The molecule has 0 bridgehead atoms. The van der Waals surface area contributed by atoms with Crippen LogP contribution in [0.5, 0.6) is 5.75 Å². The predicted molar refractivity (Wildman–Crippen MR) is 102 cm³/mol. The minimum Gasteiger partial charge on any atom is -0.473 e. The average molecular weight is 377 g/mol. The fourth-order valence-corrected chi connectivity index (χ4v) is 3.67. The largest absolute Gasteiger partial charge is 0.473 e. The molecule has 0 atom stereocenters. The van der Waals surface area contributed by atoms with E-state index in [1.807, 2.05) is 24.3 Å². The molecule has 3 aromatic carbocycles. The van der Waals surface area contributed by atoms with Crippen molar-refractivity contribution in [2.75, 3.05) is 0 Å². The molecule has 0 fully saturated rings. The molecule has 1 aliphatic rings. The standard InChI is InChI=1S/C22H17BrO/c1-16-15-22(17-8-4-2-5-9-17,18-10-6-3-7-11-18)24-21-13-12-19(23)14-20(16)21/h2-15H,1H3. The summed E-state index contributed by atoms with van der Waals surface area (Å²) >= 11 is 3.55. The van der Waals surface area contributed by atoms with E-state index >= 15 is 0 Å². The van der Waals surface area contributed by atoms with Crippen LogP contribution in [0.4, 0.5) is 0 Å². The Hall–Kier alpha value is -2.32. The van der Waals surface area contributed by atoms with Crippen LogP contribution in [0.2, 0.25) is 0 Å². The van der Waals surface area contributed by atoms with E-state index in [2.05, 4.69) is 83.5 Å². The minimum atomic E-state index is -0.604. The number of benzene rings is 3. The molecular formula is C22H17BrO. The van der Waals surface area contributed by atoms with Crippen LogP contribution in [0, 0.1) is 0 Å². The van der Waals surface area contributed by atoms with Gasteiger partial charge in [0.25, 0.3) is 0 Å². The summed E-state index contributed by atoms with van der Waals surface area (Å²) in [4.78, 5) is 0. The number of fused-ring (bicyclic) bond motifs is 1. The Morgan fingerprint density at radius 1 is 0.792 bits per heavy atom. The Kier molecular flexibility index (Phi) is 3.78. The molecule has 0 aromatic heterocycles. The Morgan fingerprint density at radius 3 is 1.96 bits per heavy atom. The zero-order valence-electron chi connectivity index (χ0n) is 13.4. The number of rotatable bonds is 2. The SMILES string of the molecule is CC1=CC(c2ccccc2)(c2ccccc2)Oc2ccc(Br)cc21. The number of ether oxygens (including phenoxy) is 1. The van der Waals surface area contributed by atoms with E-state index in [0.717, 1.165) is 26.9 Å². The zero-order chi connectivity index (χ0) is 16.6. The predicted octanol–water partition coefficient (Wildman–Crippen LogP) is 6.19. The minimum absolute atomic E-state index is 0.604. The highest BCUT2D eigenvalue weighted by Gasteiger charge is 2.38. The van der Waals surface area contributed by atoms with Crippen LogP contribution >= 0.6 is 15.9 Å². The smallest absolute Gasteiger partial charge is 0.178 e. The second-order valence-electron chi connectivity index (χ2n) is 6.04. The normalized spacial score (nSPS) is 15.2. The molecule has 3 aromatic rings. The Morgan fingerprint density at radius 2 is 1.38 bits per heavy atom. The van der Waals surface area contributed by atoms with Crippen molar-refractivity contribution >= 4 is 21.5 Å². The van der Waals surface area contributed by atoms with Gasteiger partial charge in [0.15, 0.2) is 5.60 Å². The third-order valence-corrected chi connectivity index (χ3v) is 4.96. The summed E-state index contributed by atoms with van der Waals surface area (Å²) < 4.78 is 7.68. The van der Waals surface area contributed by atoms with E-state index in [-0.39, 0.29) is 0 Å². The van der Waals surface area contributed by atoms with Crippen molar-refractivity contribution in [2.45, 2.75) is 12.5 Å². The molecule has 1 nitrogen and oxygen atoms in total. The Balaban J connectivity index is 1.97. The number of hydrogen-bond donors (Lipinski definition) is 0. The van der Waals surface area contributed by atoms with E-state index in [0.29, 0.717) is 0 Å². The maximum atomic E-state index is 6.62. The fourth-order valence-electron chi connectivity index (χ4n) is 3.31. The maximum absolute atomic E-state index is 6.62. The monoisotopic (exact) mass is 376 g/mol. The molecule has 0 unspecified atom stereocenters. The van der Waals surface area contributed by atoms with E-state index < -0.39 is 5.60 Å². The molecule has 1 heterocycles. The summed E-state index contributed by atoms with van der Waals surface area (Å²) in [5, 5.41) is 0. The van der Waals surface area contributed by atoms with Gasteiger partial charge >= 0.3 is 0 Å². The van der Waals surface area contributed by atoms with Gasteiger partial charge in [0.1, 0.15) is 5.75 Å². The lowest BCUT2D eigenvalue weighted by atomic mass is 9.81. The zero-order valence-corrected chi connectivity index (χ0v) is 15.0. The highest BCUT2D eigenvalue weighted by Crippen LogP contribution is 2.45. The maximum Gasteiger partial charge on any atom is 0.178 e. The van der Waals surface area contributed by atoms with Crippen molar-refractivity contribution in [2.24, 2.45) is 0 Å². The van der Waals surface area contributed by atoms with Gasteiger partial charge in [-0.1, -0.05) is 76.6 Å². The molecule has 2 heteroatoms. The highest BCUT2D eigenvalue weighted by molar-refractivity contribution is 9.10. The van der Waals surface area contributed by atoms with Gasteiger partial charge in [-0.15, -0.1) is 0 Å². The van der Waals surface area contributed by atoms with Crippen molar-refractivity contribution in [3.63, 3.8) is 0 Å². The van der Waals surface area contributed by atoms with Crippen LogP contribution in [0.3, 0.4) is 0 Å². The van der Waals surface area contributed by atoms with Crippen LogP contribution in [0.25, 0.3) is 5.57 Å². The summed E-state index contributed by atoms with van der Waals surface area (Å²) in [5.74, 6) is 0.908. The van der Waals surface area contributed by atoms with Gasteiger partial charge in [-0.05, 0) is 36.8 Å². The lowest BCUT2D eigenvalue weighted by Crippen LogP contribution is -2.35. The highest BCUT2D eigenvalue weighted by atomic mass is 79.9. The molecule has 0 aliphatic carbocycles. The molecule has 0 saturated carbocycles. The molecule has 0 N–H and O–H groups in total. The van der Waals surface area contributed by atoms with E-state index in [1.54, 1.807) is 0 Å². The van der Waals surface area contributed by atoms with Crippen LogP contribution in [-0.2, 0) is 5.60 Å². The molecule has 0 amide bonds. The van der Waals surface area contributed by atoms with Crippen LogP contribution < -0.4 is 4.74 Å². The van der Waals surface area contributed by atoms with Gasteiger partial charge in [-0.2, -0.15) is 0 Å². The number of halogens is 1. The topological polar surface area (TPSA) is 9.23 Å². The first-order valence-electron chi connectivity index (χ1n) is 7.98. The lowest BCUT2D eigenvalue weighted by Gasteiger charge is -2.37. The Bertz CT molecular complexity index is 858. The summed E-state index contributed by atoms with van der Waals surface area (Å²) in [7, 11) is 0. The third-order valence-electron chi connectivity index (χ3n) is 4.46. The van der Waals surface area contributed by atoms with Gasteiger partial charge in [0, 0.05) is 21.2 Å². The van der Waals surface area contributed by atoms with Crippen molar-refractivity contribution < 1.29 is 4.74 Å². The van der Waals surface area contributed by atoms with Gasteiger partial charge in [-0.25, -0.2) is 0 Å². The van der Waals surface area contributed by atoms with Crippen LogP contribution in [0.1, 0.15) is 23.6 Å². The van der Waals surface area contributed by atoms with E-state index in [1.165, 1.54) is 5.57 Å². The molecule has 0 saturated heterocycles. The number of hydrogen-bond acceptors (Lipinski definition) is 1. The van der Waals surface area contributed by atoms with Crippen LogP contribution in [0.15, 0.2) is 89.4 Å². The summed E-state index contributed by atoms with van der Waals surface area (Å²) in [5.41, 5.74) is 4.00. The first kappa shape index (κ1) is 15.2. The van der Waals surface area contributed by atoms with Gasteiger partial charge < -0.3 is 4.74 Å². The second-order valence-corrected chi connectivity index (χ2v) is 6.95. The molecular weight excluding hydrogens is 360 g/mol. The third kappa shape index (κ3) is 2.47. The van der Waals surface area contributed by atoms with Crippen molar-refractivity contribution in [3.8, 4) is 5.75 Å². The van der Waals surface area contributed by atoms with Gasteiger partial charge in [0.2, 0.25) is 0 Å². The second kappa shape index (κ2) is 5.95. The van der Waals surface area contributed by atoms with Crippen molar-refractivity contribution in [3.05, 3.63) is 106 Å². The molecule has 118 valence electrons. The summed E-state index contributed by atoms with van der Waals surface area (Å²) in [6, 6.07) is 27.0. The Labute approximate surface area is 150 Å².